The molecular formula is C72H49N. The summed E-state index contributed by atoms with van der Waals surface area (Å²) in [6, 6.07) is 95.2. The van der Waals surface area contributed by atoms with Gasteiger partial charge in [-0.25, -0.2) is 0 Å². The second-order valence-electron chi connectivity index (χ2n) is 19.2. The van der Waals surface area contributed by atoms with Crippen LogP contribution in [0.15, 0.2) is 297 Å². The van der Waals surface area contributed by atoms with Crippen LogP contribution in [0, 0.1) is 0 Å². The van der Waals surface area contributed by atoms with Crippen molar-refractivity contribution in [2.24, 2.45) is 0 Å². The molecular weight excluding hydrogens is 879 g/mol. The van der Waals surface area contributed by atoms with Crippen LogP contribution in [0.25, 0.3) is 55.3 Å². The number of fused-ring (bicyclic) bond motifs is 7. The van der Waals surface area contributed by atoms with Crippen LogP contribution in [0.2, 0.25) is 0 Å². The van der Waals surface area contributed by atoms with Crippen molar-refractivity contribution >= 4 is 27.8 Å². The molecule has 14 rings (SSSR count). The summed E-state index contributed by atoms with van der Waals surface area (Å²) in [5.74, 6) is 0. The smallest absolute Gasteiger partial charge is 0.0714 e. The lowest BCUT2D eigenvalue weighted by molar-refractivity contribution is 0.767. The topological polar surface area (TPSA) is 3.24 Å². The van der Waals surface area contributed by atoms with Crippen LogP contribution in [0.4, 0.5) is 17.1 Å². The zero-order chi connectivity index (χ0) is 51.8. The highest BCUT2D eigenvalue weighted by Gasteiger charge is 2.48. The summed E-state index contributed by atoms with van der Waals surface area (Å²) in [4.78, 5) is 1.99. The van der Waals surface area contributed by atoms with E-state index in [1.54, 1.807) is 0 Å². The third-order valence-corrected chi connectivity index (χ3v) is 15.5. The van der Waals surface area contributed by atoms with E-state index in [0.29, 0.717) is 16.9 Å². The van der Waals surface area contributed by atoms with E-state index < -0.39 is 10.8 Å². The highest BCUT2D eigenvalue weighted by Crippen LogP contribution is 2.59. The minimum absolute atomic E-state index is 0.116. The molecule has 12 aromatic carbocycles. The molecule has 0 bridgehead atoms. The molecule has 0 N–H and O–H groups in total. The molecule has 73 heavy (non-hydrogen) atoms. The first kappa shape index (κ1) is 38.5. The van der Waals surface area contributed by atoms with Gasteiger partial charge in [0.05, 0.1) is 16.3 Å². The van der Waals surface area contributed by atoms with Crippen molar-refractivity contribution in [3.63, 3.8) is 0 Å². The highest BCUT2D eigenvalue weighted by atomic mass is 15.1. The first-order chi connectivity index (χ1) is 37.9. The van der Waals surface area contributed by atoms with Gasteiger partial charge in [-0.2, -0.15) is 0 Å². The van der Waals surface area contributed by atoms with Crippen molar-refractivity contribution in [3.8, 4) is 44.5 Å². The Morgan fingerprint density at radius 2 is 0.644 bits per heavy atom. The van der Waals surface area contributed by atoms with Crippen molar-refractivity contribution in [2.45, 2.75) is 10.8 Å². The second-order valence-corrected chi connectivity index (χ2v) is 19.2. The number of benzene rings is 12. The van der Waals surface area contributed by atoms with Gasteiger partial charge in [0, 0.05) is 17.1 Å². The van der Waals surface area contributed by atoms with Crippen LogP contribution in [0.3, 0.4) is 0 Å². The lowest BCUT2D eigenvalue weighted by Crippen LogP contribution is -2.29. The molecule has 0 amide bonds. The molecule has 342 valence electrons. The molecule has 0 unspecified atom stereocenters. The van der Waals surface area contributed by atoms with E-state index in [1.807, 2.05) is 41.3 Å². The molecule has 0 saturated carbocycles. The Morgan fingerprint density at radius 1 is 0.247 bits per heavy atom. The molecule has 0 aliphatic heterocycles. The van der Waals surface area contributed by atoms with Gasteiger partial charge in [-0.15, -0.1) is 0 Å². The van der Waals surface area contributed by atoms with E-state index in [2.05, 4.69) is 237 Å². The van der Waals surface area contributed by atoms with Gasteiger partial charge in [0.25, 0.3) is 0 Å². The Bertz CT molecular complexity index is 3980. The maximum atomic E-state index is 10.2. The number of hydrogen-bond acceptors (Lipinski definition) is 1. The Labute approximate surface area is 433 Å². The highest BCUT2D eigenvalue weighted by molar-refractivity contribution is 5.93. The predicted octanol–water partition coefficient (Wildman–Crippen LogP) is 18.4. The van der Waals surface area contributed by atoms with E-state index >= 15 is 0 Å². The number of rotatable bonds is 9. The molecule has 0 fully saturated rings. The van der Waals surface area contributed by atoms with Crippen LogP contribution in [-0.4, -0.2) is 0 Å². The Hall–Kier alpha value is -9.30. The SMILES string of the molecule is [2H]c1c([2H])c(N(c2ccc3c(c2)C(c2ccccc2)(c2ccccc2)c2ccccc2-3)c2ccc3c(c2)C(c2ccccc2)(c2ccccc2)c2ccccc2-3)c([2H])c([2H])c1-c1cccc(-c2ccc3ccccc3c2)c1. The normalized spacial score (nSPS) is 14.2. The van der Waals surface area contributed by atoms with Gasteiger partial charge in [0.2, 0.25) is 0 Å². The fraction of sp³-hybridized carbons (Fsp3) is 0.0278. The molecule has 0 atom stereocenters. The predicted molar refractivity (Wildman–Crippen MR) is 304 cm³/mol. The maximum Gasteiger partial charge on any atom is 0.0714 e. The number of anilines is 3. The minimum Gasteiger partial charge on any atom is -0.310 e. The molecule has 0 heterocycles. The first-order valence-electron chi connectivity index (χ1n) is 27.1. The van der Waals surface area contributed by atoms with Crippen molar-refractivity contribution in [3.05, 3.63) is 342 Å². The summed E-state index contributed by atoms with van der Waals surface area (Å²) in [5, 5.41) is 2.26. The van der Waals surface area contributed by atoms with E-state index in [0.717, 1.165) is 77.5 Å². The lowest BCUT2D eigenvalue weighted by Gasteiger charge is -2.36. The molecule has 12 aromatic rings. The Morgan fingerprint density at radius 3 is 1.14 bits per heavy atom. The van der Waals surface area contributed by atoms with Crippen molar-refractivity contribution in [1.82, 2.24) is 0 Å². The molecule has 0 saturated heterocycles. The lowest BCUT2D eigenvalue weighted by atomic mass is 9.67. The number of nitrogens with zero attached hydrogens (tertiary/aromatic N) is 1. The van der Waals surface area contributed by atoms with E-state index in [-0.39, 0.29) is 35.4 Å². The standard InChI is InChI=1S/C72H49N/c1-5-24-56(25-6-1)71(57-26-7-2-8-27-57)67-34-17-15-32-63(67)65-44-42-61(48-69(65)71)73(60-40-38-51(39-41-60)53-22-19-23-54(46-53)55-37-36-50-20-13-14-21-52(50)47-55)62-43-45-66-64-33-16-18-35-68(64)72(70(66)49-62,58-28-9-3-10-29-58)59-30-11-4-12-31-59/h1-49H/i38D,39D,40D,41D. The van der Waals surface area contributed by atoms with Crippen LogP contribution in [0.5, 0.6) is 0 Å². The first-order valence-corrected chi connectivity index (χ1v) is 25.1. The molecule has 2 aliphatic rings. The fourth-order valence-electron chi connectivity index (χ4n) is 12.3. The molecule has 0 spiro atoms. The van der Waals surface area contributed by atoms with Gasteiger partial charge in [0.15, 0.2) is 0 Å². The molecule has 0 radical (unpaired) electrons. The monoisotopic (exact) mass is 931 g/mol. The minimum atomic E-state index is -0.736. The van der Waals surface area contributed by atoms with Crippen LogP contribution >= 0.6 is 0 Å². The van der Waals surface area contributed by atoms with E-state index in [4.69, 9.17) is 0 Å². The third-order valence-electron chi connectivity index (χ3n) is 15.5. The fourth-order valence-corrected chi connectivity index (χ4v) is 12.3. The van der Waals surface area contributed by atoms with Gasteiger partial charge in [-0.05, 0) is 148 Å². The Kier molecular flexibility index (Phi) is 9.08. The largest absolute Gasteiger partial charge is 0.310 e. The van der Waals surface area contributed by atoms with Crippen LogP contribution < -0.4 is 4.90 Å². The summed E-state index contributed by atoms with van der Waals surface area (Å²) in [7, 11) is 0. The summed E-state index contributed by atoms with van der Waals surface area (Å²) >= 11 is 0. The van der Waals surface area contributed by atoms with E-state index in [1.165, 1.54) is 11.1 Å². The van der Waals surface area contributed by atoms with Gasteiger partial charge >= 0.3 is 0 Å². The van der Waals surface area contributed by atoms with Crippen molar-refractivity contribution in [1.29, 1.82) is 0 Å². The summed E-state index contributed by atoms with van der Waals surface area (Å²) in [5.41, 5.74) is 16.3. The summed E-state index contributed by atoms with van der Waals surface area (Å²) in [6.45, 7) is 0. The molecule has 1 heteroatoms. The average Bonchev–Trinajstić information content (AvgIpc) is 4.07. The van der Waals surface area contributed by atoms with Gasteiger partial charge in [-0.1, -0.05) is 249 Å². The van der Waals surface area contributed by atoms with E-state index in [9.17, 15) is 5.48 Å². The Balaban J connectivity index is 1.04. The molecule has 1 nitrogen and oxygen atoms in total. The quantitative estimate of drug-likeness (QED) is 0.139. The van der Waals surface area contributed by atoms with Gasteiger partial charge in [-0.3, -0.25) is 0 Å². The summed E-state index contributed by atoms with van der Waals surface area (Å²) in [6.07, 6.45) is 0. The van der Waals surface area contributed by atoms with Crippen LogP contribution in [0.1, 0.15) is 50.0 Å². The molecule has 2 aliphatic carbocycles. The van der Waals surface area contributed by atoms with Gasteiger partial charge in [0.1, 0.15) is 0 Å². The van der Waals surface area contributed by atoms with Crippen LogP contribution in [-0.2, 0) is 10.8 Å². The maximum absolute atomic E-state index is 10.2. The van der Waals surface area contributed by atoms with Gasteiger partial charge < -0.3 is 4.90 Å². The average molecular weight is 932 g/mol. The number of hydrogen-bond donors (Lipinski definition) is 0. The second kappa shape index (κ2) is 17.2. The zero-order valence-corrected chi connectivity index (χ0v) is 39.9. The molecule has 0 aromatic heterocycles. The zero-order valence-electron chi connectivity index (χ0n) is 43.9. The third kappa shape index (κ3) is 6.63. The van der Waals surface area contributed by atoms with Crippen molar-refractivity contribution < 1.29 is 5.48 Å². The summed E-state index contributed by atoms with van der Waals surface area (Å²) < 4.78 is 40.5. The van der Waals surface area contributed by atoms with Crippen molar-refractivity contribution in [2.75, 3.05) is 4.90 Å².